The van der Waals surface area contributed by atoms with Gasteiger partial charge in [-0.05, 0) is 24.3 Å². The monoisotopic (exact) mass is 241 g/mol. The first kappa shape index (κ1) is 12.4. The van der Waals surface area contributed by atoms with Crippen LogP contribution in [0.15, 0.2) is 35.9 Å². The lowest BCUT2D eigenvalue weighted by molar-refractivity contribution is 0.173. The van der Waals surface area contributed by atoms with E-state index in [1.165, 1.54) is 0 Å². The highest BCUT2D eigenvalue weighted by molar-refractivity contribution is 6.29. The second-order valence-electron chi connectivity index (χ2n) is 2.95. The highest BCUT2D eigenvalue weighted by Crippen LogP contribution is 2.15. The zero-order valence-electron chi connectivity index (χ0n) is 8.83. The minimum absolute atomic E-state index is 0.0104. The van der Waals surface area contributed by atoms with Crippen LogP contribution in [0.3, 0.4) is 0 Å². The predicted octanol–water partition coefficient (Wildman–Crippen LogP) is 3.00. The van der Waals surface area contributed by atoms with Crippen molar-refractivity contribution in [1.82, 2.24) is 0 Å². The maximum Gasteiger partial charge on any atom is 0.411 e. The van der Waals surface area contributed by atoms with Crippen molar-refractivity contribution >= 4 is 23.4 Å². The van der Waals surface area contributed by atoms with E-state index in [4.69, 9.17) is 21.1 Å². The summed E-state index contributed by atoms with van der Waals surface area (Å²) in [6.07, 6.45) is -0.577. The molecule has 1 amide bonds. The molecular formula is C11H12ClNO3. The number of halogens is 1. The number of hydrogen-bond donors (Lipinski definition) is 1. The summed E-state index contributed by atoms with van der Waals surface area (Å²) in [7, 11) is 1.57. The molecule has 1 aromatic carbocycles. The van der Waals surface area contributed by atoms with Gasteiger partial charge < -0.3 is 9.47 Å². The number of rotatable bonds is 4. The van der Waals surface area contributed by atoms with E-state index in [0.717, 1.165) is 0 Å². The summed E-state index contributed by atoms with van der Waals surface area (Å²) in [5.74, 6) is 0.716. The van der Waals surface area contributed by atoms with Gasteiger partial charge in [0.2, 0.25) is 0 Å². The van der Waals surface area contributed by atoms with Crippen LogP contribution < -0.4 is 10.1 Å². The number of methoxy groups -OCH3 is 1. The van der Waals surface area contributed by atoms with Gasteiger partial charge >= 0.3 is 6.09 Å². The van der Waals surface area contributed by atoms with Crippen LogP contribution in [0.4, 0.5) is 10.5 Å². The Bertz CT molecular complexity index is 375. The van der Waals surface area contributed by atoms with Crippen LogP contribution >= 0.6 is 11.6 Å². The van der Waals surface area contributed by atoms with Crippen LogP contribution in [-0.2, 0) is 4.74 Å². The minimum atomic E-state index is -0.577. The van der Waals surface area contributed by atoms with Crippen LogP contribution in [-0.4, -0.2) is 19.8 Å². The second-order valence-corrected chi connectivity index (χ2v) is 3.48. The summed E-state index contributed by atoms with van der Waals surface area (Å²) in [4.78, 5) is 11.2. The number of benzene rings is 1. The molecule has 0 spiro atoms. The Morgan fingerprint density at radius 3 is 2.56 bits per heavy atom. The van der Waals surface area contributed by atoms with E-state index in [1.807, 2.05) is 0 Å². The molecule has 86 valence electrons. The Kier molecular flexibility index (Phi) is 4.66. The van der Waals surface area contributed by atoms with Gasteiger partial charge in [0, 0.05) is 10.7 Å². The van der Waals surface area contributed by atoms with Crippen molar-refractivity contribution in [3.63, 3.8) is 0 Å². The molecule has 4 nitrogen and oxygen atoms in total. The van der Waals surface area contributed by atoms with Gasteiger partial charge in [-0.25, -0.2) is 4.79 Å². The Morgan fingerprint density at radius 1 is 1.44 bits per heavy atom. The van der Waals surface area contributed by atoms with E-state index in [2.05, 4.69) is 11.9 Å². The molecule has 0 atom stereocenters. The molecule has 0 aliphatic heterocycles. The van der Waals surface area contributed by atoms with Crippen molar-refractivity contribution in [3.05, 3.63) is 35.9 Å². The normalized spacial score (nSPS) is 9.38. The highest BCUT2D eigenvalue weighted by atomic mass is 35.5. The molecule has 0 fully saturated rings. The average Bonchev–Trinajstić information content (AvgIpc) is 2.27. The molecule has 0 unspecified atom stereocenters. The number of anilines is 1. The topological polar surface area (TPSA) is 47.6 Å². The second kappa shape index (κ2) is 6.02. The van der Waals surface area contributed by atoms with Crippen molar-refractivity contribution in [3.8, 4) is 5.75 Å². The summed E-state index contributed by atoms with van der Waals surface area (Å²) in [5, 5.41) is 2.80. The number of ether oxygens (including phenoxy) is 2. The van der Waals surface area contributed by atoms with Crippen molar-refractivity contribution < 1.29 is 14.3 Å². The largest absolute Gasteiger partial charge is 0.497 e. The maximum absolute atomic E-state index is 11.2. The summed E-state index contributed by atoms with van der Waals surface area (Å²) in [6, 6.07) is 6.87. The Balaban J connectivity index is 2.46. The molecule has 0 saturated heterocycles. The SMILES string of the molecule is C=C(Cl)COC(=O)Nc1ccc(OC)cc1. The van der Waals surface area contributed by atoms with Crippen molar-refractivity contribution in [2.24, 2.45) is 0 Å². The molecule has 1 N–H and O–H groups in total. The molecular weight excluding hydrogens is 230 g/mol. The van der Waals surface area contributed by atoms with Crippen LogP contribution in [0, 0.1) is 0 Å². The lowest BCUT2D eigenvalue weighted by atomic mass is 10.3. The summed E-state index contributed by atoms with van der Waals surface area (Å²) < 4.78 is 9.73. The minimum Gasteiger partial charge on any atom is -0.497 e. The van der Waals surface area contributed by atoms with Crippen molar-refractivity contribution in [1.29, 1.82) is 0 Å². The summed E-state index contributed by atoms with van der Waals surface area (Å²) in [5.41, 5.74) is 0.617. The first-order valence-corrected chi connectivity index (χ1v) is 4.90. The molecule has 0 aliphatic rings. The average molecular weight is 242 g/mol. The number of hydrogen-bond acceptors (Lipinski definition) is 3. The Hall–Kier alpha value is -1.68. The van der Waals surface area contributed by atoms with Gasteiger partial charge in [0.15, 0.2) is 0 Å². The quantitative estimate of drug-likeness (QED) is 0.882. The van der Waals surface area contributed by atoms with Gasteiger partial charge in [0.05, 0.1) is 7.11 Å². The molecule has 0 saturated carbocycles. The van der Waals surface area contributed by atoms with E-state index < -0.39 is 6.09 Å². The fraction of sp³-hybridized carbons (Fsp3) is 0.182. The van der Waals surface area contributed by atoms with Gasteiger partial charge in [-0.1, -0.05) is 18.2 Å². The standard InChI is InChI=1S/C11H12ClNO3/c1-8(12)7-16-11(14)13-9-3-5-10(15-2)6-4-9/h3-6H,1,7H2,2H3,(H,13,14). The highest BCUT2D eigenvalue weighted by Gasteiger charge is 2.03. The number of nitrogens with one attached hydrogen (secondary N) is 1. The third-order valence-electron chi connectivity index (χ3n) is 1.70. The fourth-order valence-corrected chi connectivity index (χ4v) is 1.03. The molecule has 0 bridgehead atoms. The van der Waals surface area contributed by atoms with E-state index in [-0.39, 0.29) is 11.6 Å². The van der Waals surface area contributed by atoms with Crippen LogP contribution in [0.2, 0.25) is 0 Å². The van der Waals surface area contributed by atoms with Gasteiger partial charge in [-0.15, -0.1) is 0 Å². The first-order chi connectivity index (χ1) is 7.61. The number of carbonyl (C=O) groups is 1. The van der Waals surface area contributed by atoms with Crippen LogP contribution in [0.25, 0.3) is 0 Å². The van der Waals surface area contributed by atoms with E-state index in [1.54, 1.807) is 31.4 Å². The van der Waals surface area contributed by atoms with Gasteiger partial charge in [0.25, 0.3) is 0 Å². The van der Waals surface area contributed by atoms with Gasteiger partial charge in [0.1, 0.15) is 12.4 Å². The van der Waals surface area contributed by atoms with Crippen LogP contribution in [0.5, 0.6) is 5.75 Å². The Labute approximate surface area is 98.8 Å². The zero-order chi connectivity index (χ0) is 12.0. The molecule has 1 rings (SSSR count). The third-order valence-corrected chi connectivity index (χ3v) is 1.81. The van der Waals surface area contributed by atoms with Crippen molar-refractivity contribution in [2.45, 2.75) is 0 Å². The molecule has 0 aromatic heterocycles. The summed E-state index contributed by atoms with van der Waals surface area (Å²) in [6.45, 7) is 3.39. The molecule has 16 heavy (non-hydrogen) atoms. The van der Waals surface area contributed by atoms with Gasteiger partial charge in [-0.2, -0.15) is 0 Å². The van der Waals surface area contributed by atoms with Gasteiger partial charge in [-0.3, -0.25) is 5.32 Å². The van der Waals surface area contributed by atoms with Crippen LogP contribution in [0.1, 0.15) is 0 Å². The smallest absolute Gasteiger partial charge is 0.411 e. The predicted molar refractivity (Wildman–Crippen MR) is 63.0 cm³/mol. The maximum atomic E-state index is 11.2. The molecule has 1 aromatic rings. The lowest BCUT2D eigenvalue weighted by Crippen LogP contribution is -2.14. The fourth-order valence-electron chi connectivity index (χ4n) is 0.972. The molecule has 0 aliphatic carbocycles. The van der Waals surface area contributed by atoms with E-state index in [9.17, 15) is 4.79 Å². The van der Waals surface area contributed by atoms with Crippen molar-refractivity contribution in [2.75, 3.05) is 19.0 Å². The number of carbonyl (C=O) groups excluding carboxylic acids is 1. The molecule has 0 radical (unpaired) electrons. The lowest BCUT2D eigenvalue weighted by Gasteiger charge is -2.06. The van der Waals surface area contributed by atoms with E-state index >= 15 is 0 Å². The van der Waals surface area contributed by atoms with E-state index in [0.29, 0.717) is 11.4 Å². The Morgan fingerprint density at radius 2 is 2.06 bits per heavy atom. The first-order valence-electron chi connectivity index (χ1n) is 4.53. The molecule has 5 heteroatoms. The third kappa shape index (κ3) is 4.23. The number of amides is 1. The summed E-state index contributed by atoms with van der Waals surface area (Å²) >= 11 is 5.45. The molecule has 0 heterocycles. The zero-order valence-corrected chi connectivity index (χ0v) is 9.58.